The van der Waals surface area contributed by atoms with Crippen LogP contribution in [-0.4, -0.2) is 29.4 Å². The summed E-state index contributed by atoms with van der Waals surface area (Å²) in [6.45, 7) is 3.68. The Balaban J connectivity index is 1.88. The van der Waals surface area contributed by atoms with Crippen molar-refractivity contribution in [1.82, 2.24) is 5.32 Å². The monoisotopic (exact) mass is 409 g/mol. The van der Waals surface area contributed by atoms with Crippen molar-refractivity contribution in [3.05, 3.63) is 64.7 Å². The van der Waals surface area contributed by atoms with Gasteiger partial charge in [0, 0.05) is 0 Å². The Bertz CT molecular complexity index is 1040. The molecule has 0 radical (unpaired) electrons. The zero-order valence-electron chi connectivity index (χ0n) is 15.9. The Labute approximate surface area is 173 Å². The number of hydrogen-bond acceptors (Lipinski definition) is 5. The van der Waals surface area contributed by atoms with Gasteiger partial charge in [0.1, 0.15) is 11.3 Å². The first-order valence-electron chi connectivity index (χ1n) is 8.76. The number of nitrogens with zero attached hydrogens (tertiary/aromatic N) is 1. The van der Waals surface area contributed by atoms with E-state index < -0.39 is 17.7 Å². The molecule has 3 N–H and O–H groups in total. The predicted octanol–water partition coefficient (Wildman–Crippen LogP) is 2.00. The van der Waals surface area contributed by atoms with Crippen molar-refractivity contribution in [2.75, 3.05) is 11.5 Å². The third kappa shape index (κ3) is 4.49. The van der Waals surface area contributed by atoms with Gasteiger partial charge in [-0.1, -0.05) is 18.2 Å². The molecular weight excluding hydrogens is 390 g/mol. The van der Waals surface area contributed by atoms with E-state index in [9.17, 15) is 14.4 Å². The van der Waals surface area contributed by atoms with Gasteiger partial charge in [0.2, 0.25) is 0 Å². The van der Waals surface area contributed by atoms with E-state index in [0.717, 1.165) is 11.1 Å². The second-order valence-corrected chi connectivity index (χ2v) is 6.94. The average Bonchev–Trinajstić information content (AvgIpc) is 2.67. The van der Waals surface area contributed by atoms with Gasteiger partial charge < -0.3 is 10.5 Å². The molecule has 0 spiro atoms. The number of benzene rings is 2. The van der Waals surface area contributed by atoms with Gasteiger partial charge in [0.25, 0.3) is 17.7 Å². The van der Waals surface area contributed by atoms with Crippen LogP contribution in [0.3, 0.4) is 0 Å². The number of amides is 3. The molecule has 2 aromatic rings. The van der Waals surface area contributed by atoms with Gasteiger partial charge in [-0.2, -0.15) is 0 Å². The second kappa shape index (κ2) is 8.24. The molecule has 1 heterocycles. The summed E-state index contributed by atoms with van der Waals surface area (Å²) in [5.74, 6) is -1.20. The zero-order valence-corrected chi connectivity index (χ0v) is 16.7. The van der Waals surface area contributed by atoms with Crippen molar-refractivity contribution in [2.24, 2.45) is 5.73 Å². The van der Waals surface area contributed by atoms with Crippen LogP contribution in [0.4, 0.5) is 5.69 Å². The van der Waals surface area contributed by atoms with Crippen molar-refractivity contribution in [1.29, 1.82) is 0 Å². The summed E-state index contributed by atoms with van der Waals surface area (Å²) in [4.78, 5) is 37.5. The van der Waals surface area contributed by atoms with Gasteiger partial charge in [-0.25, -0.2) is 0 Å². The Morgan fingerprint density at radius 3 is 2.45 bits per heavy atom. The maximum absolute atomic E-state index is 13.0. The van der Waals surface area contributed by atoms with Crippen LogP contribution in [0.2, 0.25) is 0 Å². The number of carbonyl (C=O) groups excluding carboxylic acids is 3. The third-order valence-electron chi connectivity index (χ3n) is 4.42. The smallest absolute Gasteiger partial charge is 0.270 e. The number of aryl methyl sites for hydroxylation is 2. The van der Waals surface area contributed by atoms with Crippen molar-refractivity contribution in [2.45, 2.75) is 13.8 Å². The summed E-state index contributed by atoms with van der Waals surface area (Å²) in [5, 5.41) is 2.60. The summed E-state index contributed by atoms with van der Waals surface area (Å²) < 4.78 is 5.20. The molecule has 7 nitrogen and oxygen atoms in total. The molecule has 0 saturated carbocycles. The maximum Gasteiger partial charge on any atom is 0.270 e. The number of rotatable bonds is 5. The minimum absolute atomic E-state index is 0.0376. The minimum Gasteiger partial charge on any atom is -0.484 e. The van der Waals surface area contributed by atoms with E-state index in [2.05, 4.69) is 5.32 Å². The molecule has 0 aliphatic carbocycles. The number of anilines is 1. The number of ether oxygens (including phenoxy) is 1. The number of nitrogens with one attached hydrogen (secondary N) is 1. The zero-order chi connectivity index (χ0) is 21.1. The molecular formula is C21H19N3O4S. The predicted molar refractivity (Wildman–Crippen MR) is 113 cm³/mol. The van der Waals surface area contributed by atoms with Gasteiger partial charge >= 0.3 is 0 Å². The van der Waals surface area contributed by atoms with Crippen LogP contribution in [0.1, 0.15) is 16.7 Å². The number of primary amides is 1. The molecule has 29 heavy (non-hydrogen) atoms. The highest BCUT2D eigenvalue weighted by Crippen LogP contribution is 2.24. The molecule has 1 fully saturated rings. The molecule has 1 saturated heterocycles. The lowest BCUT2D eigenvalue weighted by Gasteiger charge is -2.29. The van der Waals surface area contributed by atoms with Gasteiger partial charge in [-0.05, 0) is 73.1 Å². The number of hydrogen-bond donors (Lipinski definition) is 2. The Morgan fingerprint density at radius 2 is 1.83 bits per heavy atom. The number of carbonyl (C=O) groups is 3. The normalized spacial score (nSPS) is 15.4. The van der Waals surface area contributed by atoms with Crippen LogP contribution < -0.4 is 20.7 Å². The van der Waals surface area contributed by atoms with Crippen molar-refractivity contribution >= 4 is 46.8 Å². The summed E-state index contributed by atoms with van der Waals surface area (Å²) in [6, 6.07) is 12.1. The third-order valence-corrected chi connectivity index (χ3v) is 4.71. The Morgan fingerprint density at radius 1 is 1.14 bits per heavy atom. The molecule has 0 unspecified atom stereocenters. The van der Waals surface area contributed by atoms with Crippen molar-refractivity contribution < 1.29 is 19.1 Å². The minimum atomic E-state index is -0.580. The number of nitrogens with two attached hydrogens (primary N) is 1. The first kappa shape index (κ1) is 20.2. The van der Waals surface area contributed by atoms with Crippen LogP contribution >= 0.6 is 12.2 Å². The molecule has 1 aliphatic rings. The molecule has 0 bridgehead atoms. The highest BCUT2D eigenvalue weighted by molar-refractivity contribution is 7.80. The second-order valence-electron chi connectivity index (χ2n) is 6.55. The van der Waals surface area contributed by atoms with Gasteiger partial charge in [-0.15, -0.1) is 0 Å². The van der Waals surface area contributed by atoms with E-state index in [4.69, 9.17) is 22.7 Å². The summed E-state index contributed by atoms with van der Waals surface area (Å²) in [6.07, 6.45) is 1.48. The first-order valence-corrected chi connectivity index (χ1v) is 9.17. The average molecular weight is 409 g/mol. The lowest BCUT2D eigenvalue weighted by Crippen LogP contribution is -2.54. The molecule has 1 aliphatic heterocycles. The topological polar surface area (TPSA) is 102 Å². The molecule has 0 aromatic heterocycles. The molecule has 8 heteroatoms. The van der Waals surface area contributed by atoms with Gasteiger partial charge in [0.15, 0.2) is 11.7 Å². The first-order chi connectivity index (χ1) is 13.8. The molecule has 3 amide bonds. The fraction of sp³-hybridized carbons (Fsp3) is 0.143. The highest BCUT2D eigenvalue weighted by atomic mass is 32.1. The van der Waals surface area contributed by atoms with Crippen molar-refractivity contribution in [3.63, 3.8) is 0 Å². The van der Waals surface area contributed by atoms with E-state index >= 15 is 0 Å². The lowest BCUT2D eigenvalue weighted by atomic mass is 10.1. The lowest BCUT2D eigenvalue weighted by molar-refractivity contribution is -0.122. The fourth-order valence-corrected chi connectivity index (χ4v) is 3.02. The van der Waals surface area contributed by atoms with Crippen LogP contribution in [0.15, 0.2) is 48.0 Å². The maximum atomic E-state index is 13.0. The van der Waals surface area contributed by atoms with Crippen LogP contribution in [0, 0.1) is 13.8 Å². The summed E-state index contributed by atoms with van der Waals surface area (Å²) in [5.41, 5.74) is 8.30. The Hall–Kier alpha value is -3.52. The molecule has 3 rings (SSSR count). The van der Waals surface area contributed by atoms with Crippen molar-refractivity contribution in [3.8, 4) is 5.75 Å². The SMILES string of the molecule is Cc1ccc(N2C(=O)C(=Cc3ccc(OCC(N)=O)cc3)C(=O)NC2=S)cc1C. The highest BCUT2D eigenvalue weighted by Gasteiger charge is 2.34. The van der Waals surface area contributed by atoms with E-state index in [0.29, 0.717) is 17.0 Å². The summed E-state index contributed by atoms with van der Waals surface area (Å²) >= 11 is 5.22. The van der Waals surface area contributed by atoms with Crippen LogP contribution in [0.25, 0.3) is 6.08 Å². The van der Waals surface area contributed by atoms with Crippen LogP contribution in [0.5, 0.6) is 5.75 Å². The summed E-state index contributed by atoms with van der Waals surface area (Å²) in [7, 11) is 0. The molecule has 2 aromatic carbocycles. The standard InChI is InChI=1S/C21H19N3O4S/c1-12-3-6-15(9-13(12)2)24-20(27)17(19(26)23-21(24)29)10-14-4-7-16(8-5-14)28-11-18(22)25/h3-10H,11H2,1-2H3,(H2,22,25)(H,23,26,29). The van der Waals surface area contributed by atoms with E-state index in [1.807, 2.05) is 26.0 Å². The van der Waals surface area contributed by atoms with E-state index in [-0.39, 0.29) is 17.3 Å². The van der Waals surface area contributed by atoms with Gasteiger partial charge in [-0.3, -0.25) is 24.6 Å². The number of thiocarbonyl (C=S) groups is 1. The van der Waals surface area contributed by atoms with E-state index in [1.165, 1.54) is 11.0 Å². The molecule has 0 atom stereocenters. The van der Waals surface area contributed by atoms with Crippen LogP contribution in [-0.2, 0) is 14.4 Å². The van der Waals surface area contributed by atoms with Gasteiger partial charge in [0.05, 0.1) is 5.69 Å². The largest absolute Gasteiger partial charge is 0.484 e. The molecule has 148 valence electrons. The Kier molecular flexibility index (Phi) is 5.74. The fourth-order valence-electron chi connectivity index (χ4n) is 2.74. The van der Waals surface area contributed by atoms with E-state index in [1.54, 1.807) is 30.3 Å². The quantitative estimate of drug-likeness (QED) is 0.447.